The molecule has 19 heavy (non-hydrogen) atoms. The first-order valence-corrected chi connectivity index (χ1v) is 6.08. The van der Waals surface area contributed by atoms with E-state index in [9.17, 15) is 0 Å². The fraction of sp³-hybridized carbons (Fsp3) is 0.267. The number of methoxy groups -OCH3 is 1. The number of imidazole rings is 1. The highest BCUT2D eigenvalue weighted by atomic mass is 16.5. The lowest BCUT2D eigenvalue weighted by atomic mass is 10.1. The molecule has 2 aromatic rings. The Morgan fingerprint density at radius 1 is 1.42 bits per heavy atom. The van der Waals surface area contributed by atoms with Gasteiger partial charge in [0.1, 0.15) is 11.6 Å². The SMILES string of the molecule is COc1ccc(C#CCN)c(Cn2ccnc2C)c1. The van der Waals surface area contributed by atoms with E-state index in [1.807, 2.05) is 31.3 Å². The highest BCUT2D eigenvalue weighted by Crippen LogP contribution is 2.18. The van der Waals surface area contributed by atoms with Gasteiger partial charge in [0, 0.05) is 18.0 Å². The van der Waals surface area contributed by atoms with E-state index < -0.39 is 0 Å². The zero-order chi connectivity index (χ0) is 13.7. The molecule has 0 aliphatic carbocycles. The van der Waals surface area contributed by atoms with Crippen LogP contribution in [0.5, 0.6) is 5.75 Å². The summed E-state index contributed by atoms with van der Waals surface area (Å²) in [5.41, 5.74) is 7.50. The summed E-state index contributed by atoms with van der Waals surface area (Å²) in [5.74, 6) is 7.78. The Morgan fingerprint density at radius 3 is 2.89 bits per heavy atom. The molecule has 0 fully saturated rings. The van der Waals surface area contributed by atoms with Crippen molar-refractivity contribution >= 4 is 0 Å². The van der Waals surface area contributed by atoms with Gasteiger partial charge in [-0.25, -0.2) is 4.98 Å². The number of ether oxygens (including phenoxy) is 1. The van der Waals surface area contributed by atoms with Gasteiger partial charge in [0.05, 0.1) is 20.2 Å². The maximum Gasteiger partial charge on any atom is 0.119 e. The first-order chi connectivity index (χ1) is 9.24. The second-order valence-corrected chi connectivity index (χ2v) is 4.13. The van der Waals surface area contributed by atoms with E-state index in [0.29, 0.717) is 6.54 Å². The largest absolute Gasteiger partial charge is 0.497 e. The number of aromatic nitrogens is 2. The Morgan fingerprint density at radius 2 is 2.26 bits per heavy atom. The molecule has 1 aromatic carbocycles. The van der Waals surface area contributed by atoms with Gasteiger partial charge in [0.25, 0.3) is 0 Å². The number of hydrogen-bond acceptors (Lipinski definition) is 3. The molecule has 0 saturated carbocycles. The number of hydrogen-bond donors (Lipinski definition) is 1. The highest BCUT2D eigenvalue weighted by Gasteiger charge is 2.05. The Balaban J connectivity index is 2.37. The van der Waals surface area contributed by atoms with Crippen LogP contribution in [0.1, 0.15) is 17.0 Å². The molecular formula is C15H17N3O. The third-order valence-electron chi connectivity index (χ3n) is 2.90. The van der Waals surface area contributed by atoms with Crippen molar-refractivity contribution in [2.75, 3.05) is 13.7 Å². The first kappa shape index (κ1) is 13.2. The van der Waals surface area contributed by atoms with Crippen LogP contribution in [0.2, 0.25) is 0 Å². The molecule has 0 spiro atoms. The summed E-state index contributed by atoms with van der Waals surface area (Å²) in [5, 5.41) is 0. The third-order valence-corrected chi connectivity index (χ3v) is 2.90. The Kier molecular flexibility index (Phi) is 4.22. The third kappa shape index (κ3) is 3.15. The molecule has 1 heterocycles. The van der Waals surface area contributed by atoms with E-state index >= 15 is 0 Å². The minimum atomic E-state index is 0.357. The summed E-state index contributed by atoms with van der Waals surface area (Å²) in [6.45, 7) is 3.05. The van der Waals surface area contributed by atoms with Gasteiger partial charge in [-0.15, -0.1) is 0 Å². The predicted molar refractivity (Wildman–Crippen MR) is 75.0 cm³/mol. The van der Waals surface area contributed by atoms with E-state index in [1.165, 1.54) is 0 Å². The molecule has 4 nitrogen and oxygen atoms in total. The normalized spacial score (nSPS) is 9.84. The molecule has 0 aliphatic heterocycles. The van der Waals surface area contributed by atoms with Crippen molar-refractivity contribution < 1.29 is 4.74 Å². The summed E-state index contributed by atoms with van der Waals surface area (Å²) < 4.78 is 7.34. The highest BCUT2D eigenvalue weighted by molar-refractivity contribution is 5.45. The Bertz CT molecular complexity index is 620. The van der Waals surface area contributed by atoms with Crippen LogP contribution in [0.25, 0.3) is 0 Å². The Hall–Kier alpha value is -2.25. The van der Waals surface area contributed by atoms with Crippen molar-refractivity contribution in [3.8, 4) is 17.6 Å². The number of nitrogens with zero attached hydrogens (tertiary/aromatic N) is 2. The van der Waals surface area contributed by atoms with Crippen LogP contribution < -0.4 is 10.5 Å². The zero-order valence-corrected chi connectivity index (χ0v) is 11.2. The van der Waals surface area contributed by atoms with Crippen molar-refractivity contribution in [3.63, 3.8) is 0 Å². The number of aryl methyl sites for hydroxylation is 1. The van der Waals surface area contributed by atoms with E-state index in [-0.39, 0.29) is 0 Å². The summed E-state index contributed by atoms with van der Waals surface area (Å²) in [6, 6.07) is 5.87. The Labute approximate surface area is 113 Å². The van der Waals surface area contributed by atoms with E-state index in [0.717, 1.165) is 29.2 Å². The molecule has 0 aliphatic rings. The second kappa shape index (κ2) is 6.07. The molecule has 98 valence electrons. The summed E-state index contributed by atoms with van der Waals surface area (Å²) in [4.78, 5) is 4.22. The molecule has 0 radical (unpaired) electrons. The molecule has 0 atom stereocenters. The fourth-order valence-electron chi connectivity index (χ4n) is 1.85. The van der Waals surface area contributed by atoms with Crippen molar-refractivity contribution in [2.45, 2.75) is 13.5 Å². The summed E-state index contributed by atoms with van der Waals surface area (Å²) in [7, 11) is 1.66. The van der Waals surface area contributed by atoms with Gasteiger partial charge in [0.15, 0.2) is 0 Å². The fourth-order valence-corrected chi connectivity index (χ4v) is 1.85. The van der Waals surface area contributed by atoms with Crippen LogP contribution >= 0.6 is 0 Å². The average molecular weight is 255 g/mol. The zero-order valence-electron chi connectivity index (χ0n) is 11.2. The van der Waals surface area contributed by atoms with E-state index in [2.05, 4.69) is 21.4 Å². The molecule has 2 N–H and O–H groups in total. The molecule has 2 rings (SSSR count). The van der Waals surface area contributed by atoms with Crippen LogP contribution in [0, 0.1) is 18.8 Å². The number of benzene rings is 1. The number of nitrogens with two attached hydrogens (primary N) is 1. The molecular weight excluding hydrogens is 238 g/mol. The van der Waals surface area contributed by atoms with Gasteiger partial charge in [-0.1, -0.05) is 11.8 Å². The molecule has 4 heteroatoms. The quantitative estimate of drug-likeness (QED) is 0.847. The van der Waals surface area contributed by atoms with Gasteiger partial charge in [-0.05, 0) is 30.7 Å². The standard InChI is InChI=1S/C15H17N3O/c1-12-17-8-9-18(12)11-14-10-15(19-2)6-5-13(14)4-3-7-16/h5-6,8-10H,7,11,16H2,1-2H3. The van der Waals surface area contributed by atoms with Gasteiger partial charge < -0.3 is 15.0 Å². The van der Waals surface area contributed by atoms with Crippen molar-refractivity contribution in [1.82, 2.24) is 9.55 Å². The molecule has 0 unspecified atom stereocenters. The van der Waals surface area contributed by atoms with Crippen LogP contribution in [0.15, 0.2) is 30.6 Å². The molecule has 0 bridgehead atoms. The average Bonchev–Trinajstić information content (AvgIpc) is 2.83. The summed E-state index contributed by atoms with van der Waals surface area (Å²) >= 11 is 0. The topological polar surface area (TPSA) is 53.1 Å². The van der Waals surface area contributed by atoms with Gasteiger partial charge >= 0.3 is 0 Å². The minimum Gasteiger partial charge on any atom is -0.497 e. The summed E-state index contributed by atoms with van der Waals surface area (Å²) in [6.07, 6.45) is 3.75. The number of rotatable bonds is 3. The maximum absolute atomic E-state index is 5.43. The second-order valence-electron chi connectivity index (χ2n) is 4.13. The van der Waals surface area contributed by atoms with Gasteiger partial charge in [-0.3, -0.25) is 0 Å². The van der Waals surface area contributed by atoms with Gasteiger partial charge in [0.2, 0.25) is 0 Å². The van der Waals surface area contributed by atoms with Gasteiger partial charge in [-0.2, -0.15) is 0 Å². The van der Waals surface area contributed by atoms with Crippen LogP contribution in [0.4, 0.5) is 0 Å². The smallest absolute Gasteiger partial charge is 0.119 e. The first-order valence-electron chi connectivity index (χ1n) is 6.08. The lowest BCUT2D eigenvalue weighted by Crippen LogP contribution is -2.03. The van der Waals surface area contributed by atoms with Crippen molar-refractivity contribution in [2.24, 2.45) is 5.73 Å². The maximum atomic E-state index is 5.43. The van der Waals surface area contributed by atoms with E-state index in [1.54, 1.807) is 13.3 Å². The van der Waals surface area contributed by atoms with E-state index in [4.69, 9.17) is 10.5 Å². The molecule has 1 aromatic heterocycles. The molecule has 0 saturated heterocycles. The lowest BCUT2D eigenvalue weighted by Gasteiger charge is -2.09. The minimum absolute atomic E-state index is 0.357. The van der Waals surface area contributed by atoms with Crippen LogP contribution in [-0.2, 0) is 6.54 Å². The van der Waals surface area contributed by atoms with Crippen molar-refractivity contribution in [3.05, 3.63) is 47.5 Å². The lowest BCUT2D eigenvalue weighted by molar-refractivity contribution is 0.414. The monoisotopic (exact) mass is 255 g/mol. The van der Waals surface area contributed by atoms with Crippen LogP contribution in [-0.4, -0.2) is 23.2 Å². The van der Waals surface area contributed by atoms with Crippen LogP contribution in [0.3, 0.4) is 0 Å². The predicted octanol–water partition coefficient (Wildman–Crippen LogP) is 1.56. The molecule has 0 amide bonds. The van der Waals surface area contributed by atoms with Crippen molar-refractivity contribution in [1.29, 1.82) is 0 Å².